The highest BCUT2D eigenvalue weighted by molar-refractivity contribution is 5.40. The summed E-state index contributed by atoms with van der Waals surface area (Å²) in [5, 5.41) is 0. The maximum atomic E-state index is 6.02. The molecule has 0 spiro atoms. The maximum absolute atomic E-state index is 6.02. The minimum absolute atomic E-state index is 0.238. The number of nitrogens with zero attached hydrogens (tertiary/aromatic N) is 2. The van der Waals surface area contributed by atoms with Crippen LogP contribution in [0.25, 0.3) is 0 Å². The number of benzene rings is 1. The zero-order chi connectivity index (χ0) is 13.2. The van der Waals surface area contributed by atoms with Gasteiger partial charge in [0.1, 0.15) is 17.7 Å². The minimum Gasteiger partial charge on any atom is -0.488 e. The third kappa shape index (κ3) is 2.50. The third-order valence-electron chi connectivity index (χ3n) is 3.63. The number of hydrogen-bond donors (Lipinski definition) is 0. The smallest absolute Gasteiger partial charge is 0.123 e. The van der Waals surface area contributed by atoms with E-state index in [1.54, 1.807) is 0 Å². The van der Waals surface area contributed by atoms with E-state index in [4.69, 9.17) is 4.74 Å². The molecule has 0 aliphatic carbocycles. The zero-order valence-corrected chi connectivity index (χ0v) is 11.6. The number of rotatable bonds is 4. The summed E-state index contributed by atoms with van der Waals surface area (Å²) in [5.74, 6) is 2.21. The van der Waals surface area contributed by atoms with Crippen molar-refractivity contribution in [3.8, 4) is 5.75 Å². The Morgan fingerprint density at radius 1 is 1.42 bits per heavy atom. The van der Waals surface area contributed by atoms with E-state index in [1.165, 1.54) is 17.0 Å². The predicted octanol–water partition coefficient (Wildman–Crippen LogP) is 3.15. The largest absolute Gasteiger partial charge is 0.488 e. The fourth-order valence-corrected chi connectivity index (χ4v) is 2.73. The quantitative estimate of drug-likeness (QED) is 0.840. The minimum atomic E-state index is 0.238. The van der Waals surface area contributed by atoms with E-state index in [9.17, 15) is 0 Å². The summed E-state index contributed by atoms with van der Waals surface area (Å²) in [5.41, 5.74) is 2.64. The van der Waals surface area contributed by atoms with Gasteiger partial charge in [0.15, 0.2) is 0 Å². The maximum Gasteiger partial charge on any atom is 0.123 e. The highest BCUT2D eigenvalue weighted by atomic mass is 16.5. The van der Waals surface area contributed by atoms with Crippen LogP contribution in [-0.2, 0) is 19.4 Å². The van der Waals surface area contributed by atoms with E-state index in [2.05, 4.69) is 47.8 Å². The van der Waals surface area contributed by atoms with Crippen molar-refractivity contribution in [2.75, 3.05) is 0 Å². The second-order valence-corrected chi connectivity index (χ2v) is 5.30. The highest BCUT2D eigenvalue weighted by Crippen LogP contribution is 2.30. The number of imidazole rings is 1. The van der Waals surface area contributed by atoms with Gasteiger partial charge in [-0.1, -0.05) is 24.6 Å². The molecule has 0 N–H and O–H groups in total. The van der Waals surface area contributed by atoms with Gasteiger partial charge in [0.05, 0.1) is 6.54 Å². The van der Waals surface area contributed by atoms with Crippen molar-refractivity contribution in [3.05, 3.63) is 47.5 Å². The molecule has 3 heteroatoms. The average Bonchev–Trinajstić information content (AvgIpc) is 2.97. The van der Waals surface area contributed by atoms with Crippen LogP contribution in [0.4, 0.5) is 0 Å². The number of hydrogen-bond acceptors (Lipinski definition) is 2. The molecule has 0 saturated heterocycles. The molecule has 100 valence electrons. The van der Waals surface area contributed by atoms with Crippen LogP contribution in [0, 0.1) is 6.92 Å². The van der Waals surface area contributed by atoms with Gasteiger partial charge in [0.2, 0.25) is 0 Å². The van der Waals surface area contributed by atoms with Crippen LogP contribution >= 0.6 is 0 Å². The van der Waals surface area contributed by atoms with Crippen LogP contribution in [0.3, 0.4) is 0 Å². The molecule has 3 rings (SSSR count). The summed E-state index contributed by atoms with van der Waals surface area (Å²) in [4.78, 5) is 4.42. The van der Waals surface area contributed by atoms with Crippen LogP contribution in [-0.4, -0.2) is 15.7 Å². The van der Waals surface area contributed by atoms with Crippen LogP contribution in [0.1, 0.15) is 30.3 Å². The molecule has 1 atom stereocenters. The van der Waals surface area contributed by atoms with Crippen molar-refractivity contribution in [2.24, 2.45) is 0 Å². The molecule has 1 unspecified atom stereocenters. The lowest BCUT2D eigenvalue weighted by Gasteiger charge is -2.13. The summed E-state index contributed by atoms with van der Waals surface area (Å²) in [6, 6.07) is 6.43. The molecule has 1 aliphatic heterocycles. The van der Waals surface area contributed by atoms with Gasteiger partial charge in [-0.05, 0) is 25.0 Å². The van der Waals surface area contributed by atoms with E-state index >= 15 is 0 Å². The highest BCUT2D eigenvalue weighted by Gasteiger charge is 2.23. The molecule has 0 amide bonds. The molecule has 1 aromatic heterocycles. The van der Waals surface area contributed by atoms with E-state index < -0.39 is 0 Å². The van der Waals surface area contributed by atoms with Crippen molar-refractivity contribution in [2.45, 2.75) is 45.8 Å². The molecular weight excluding hydrogens is 236 g/mol. The second-order valence-electron chi connectivity index (χ2n) is 5.30. The Balaban J connectivity index is 1.71. The van der Waals surface area contributed by atoms with Crippen molar-refractivity contribution in [1.82, 2.24) is 9.55 Å². The van der Waals surface area contributed by atoms with E-state index in [-0.39, 0.29) is 6.10 Å². The molecule has 1 aliphatic rings. The molecule has 0 fully saturated rings. The number of aryl methyl sites for hydroxylation is 2. The number of fused-ring (bicyclic) bond motifs is 1. The lowest BCUT2D eigenvalue weighted by molar-refractivity contribution is 0.207. The Morgan fingerprint density at radius 3 is 3.16 bits per heavy atom. The Hall–Kier alpha value is -1.77. The van der Waals surface area contributed by atoms with Crippen molar-refractivity contribution in [1.29, 1.82) is 0 Å². The van der Waals surface area contributed by atoms with Gasteiger partial charge in [-0.3, -0.25) is 0 Å². The van der Waals surface area contributed by atoms with Gasteiger partial charge in [-0.2, -0.15) is 0 Å². The van der Waals surface area contributed by atoms with Gasteiger partial charge < -0.3 is 9.30 Å². The van der Waals surface area contributed by atoms with Crippen LogP contribution in [0.5, 0.6) is 5.75 Å². The van der Waals surface area contributed by atoms with Gasteiger partial charge >= 0.3 is 0 Å². The summed E-state index contributed by atoms with van der Waals surface area (Å²) >= 11 is 0. The first-order valence-corrected chi connectivity index (χ1v) is 7.02. The van der Waals surface area contributed by atoms with E-state index in [1.807, 2.05) is 6.20 Å². The second kappa shape index (κ2) is 5.08. The molecule has 2 aromatic rings. The summed E-state index contributed by atoms with van der Waals surface area (Å²) < 4.78 is 8.25. The normalized spacial score (nSPS) is 17.3. The fourth-order valence-electron chi connectivity index (χ4n) is 2.73. The standard InChI is InChI=1S/C16H20N2O/c1-3-4-16-17-7-8-18(16)11-14-10-13-9-12(2)5-6-15(13)19-14/h5-9,14H,3-4,10-11H2,1-2H3. The zero-order valence-electron chi connectivity index (χ0n) is 11.6. The Morgan fingerprint density at radius 2 is 2.32 bits per heavy atom. The lowest BCUT2D eigenvalue weighted by Crippen LogP contribution is -2.21. The van der Waals surface area contributed by atoms with Gasteiger partial charge in [-0.25, -0.2) is 4.98 Å². The summed E-state index contributed by atoms with van der Waals surface area (Å²) in [7, 11) is 0. The topological polar surface area (TPSA) is 27.1 Å². The SMILES string of the molecule is CCCc1nccn1CC1Cc2cc(C)ccc2O1. The van der Waals surface area contributed by atoms with Crippen LogP contribution < -0.4 is 4.74 Å². The number of ether oxygens (including phenoxy) is 1. The molecule has 0 radical (unpaired) electrons. The van der Waals surface area contributed by atoms with E-state index in [0.29, 0.717) is 0 Å². The summed E-state index contributed by atoms with van der Waals surface area (Å²) in [6.45, 7) is 5.20. The number of aromatic nitrogens is 2. The first-order chi connectivity index (χ1) is 9.26. The van der Waals surface area contributed by atoms with Gasteiger partial charge in [-0.15, -0.1) is 0 Å². The Bertz CT molecular complexity index is 574. The monoisotopic (exact) mass is 256 g/mol. The summed E-state index contributed by atoms with van der Waals surface area (Å²) in [6.07, 6.45) is 7.34. The van der Waals surface area contributed by atoms with Gasteiger partial charge in [0, 0.05) is 25.2 Å². The Labute approximate surface area is 114 Å². The first-order valence-electron chi connectivity index (χ1n) is 7.02. The van der Waals surface area contributed by atoms with Crippen molar-refractivity contribution in [3.63, 3.8) is 0 Å². The molecule has 2 heterocycles. The molecule has 19 heavy (non-hydrogen) atoms. The fraction of sp³-hybridized carbons (Fsp3) is 0.438. The van der Waals surface area contributed by atoms with Crippen molar-refractivity contribution >= 4 is 0 Å². The molecule has 0 saturated carbocycles. The average molecular weight is 256 g/mol. The third-order valence-corrected chi connectivity index (χ3v) is 3.63. The first kappa shape index (κ1) is 12.3. The van der Waals surface area contributed by atoms with Gasteiger partial charge in [0.25, 0.3) is 0 Å². The molecule has 0 bridgehead atoms. The predicted molar refractivity (Wildman–Crippen MR) is 75.5 cm³/mol. The Kier molecular flexibility index (Phi) is 3.28. The van der Waals surface area contributed by atoms with Crippen LogP contribution in [0.2, 0.25) is 0 Å². The lowest BCUT2D eigenvalue weighted by atomic mass is 10.1. The molecular formula is C16H20N2O. The van der Waals surface area contributed by atoms with E-state index in [0.717, 1.165) is 31.6 Å². The molecule has 1 aromatic carbocycles. The van der Waals surface area contributed by atoms with Crippen molar-refractivity contribution < 1.29 is 4.74 Å². The molecule has 3 nitrogen and oxygen atoms in total. The van der Waals surface area contributed by atoms with Crippen LogP contribution in [0.15, 0.2) is 30.6 Å².